The van der Waals surface area contributed by atoms with Gasteiger partial charge in [-0.3, -0.25) is 9.59 Å². The first-order valence-corrected chi connectivity index (χ1v) is 10.6. The molecule has 0 aliphatic heterocycles. The molecule has 0 saturated carbocycles. The molecule has 1 unspecified atom stereocenters. The van der Waals surface area contributed by atoms with Crippen LogP contribution in [0.5, 0.6) is 0 Å². The number of aryl methyl sites for hydroxylation is 2. The average Bonchev–Trinajstić information content (AvgIpc) is 3.11. The Kier molecular flexibility index (Phi) is 6.16. The molecule has 0 radical (unpaired) electrons. The minimum atomic E-state index is -0.448. The number of hydrogen-bond donors (Lipinski definition) is 2. The predicted molar refractivity (Wildman–Crippen MR) is 122 cm³/mol. The topological polar surface area (TPSA) is 79.8 Å². The van der Waals surface area contributed by atoms with Crippen molar-refractivity contribution in [3.05, 3.63) is 99.6 Å². The van der Waals surface area contributed by atoms with Gasteiger partial charge < -0.3 is 14.9 Å². The molecular formula is C25H25FN4O2. The zero-order chi connectivity index (χ0) is 22.7. The van der Waals surface area contributed by atoms with Crippen molar-refractivity contribution in [3.63, 3.8) is 0 Å². The van der Waals surface area contributed by atoms with Gasteiger partial charge >= 0.3 is 0 Å². The number of hydrogen-bond acceptors (Lipinski definition) is 3. The van der Waals surface area contributed by atoms with E-state index in [0.29, 0.717) is 17.9 Å². The maximum atomic E-state index is 13.5. The summed E-state index contributed by atoms with van der Waals surface area (Å²) in [6, 6.07) is 15.0. The highest BCUT2D eigenvalue weighted by atomic mass is 19.1. The van der Waals surface area contributed by atoms with Crippen LogP contribution in [0.15, 0.2) is 65.6 Å². The zero-order valence-corrected chi connectivity index (χ0v) is 18.1. The smallest absolute Gasteiger partial charge is 0.251 e. The van der Waals surface area contributed by atoms with Gasteiger partial charge in [0.1, 0.15) is 11.6 Å². The molecule has 0 spiro atoms. The summed E-state index contributed by atoms with van der Waals surface area (Å²) in [7, 11) is 0. The third-order valence-corrected chi connectivity index (χ3v) is 5.50. The number of halogens is 1. The van der Waals surface area contributed by atoms with Gasteiger partial charge in [0.25, 0.3) is 5.56 Å². The van der Waals surface area contributed by atoms with Gasteiger partial charge in [0.15, 0.2) is 0 Å². The van der Waals surface area contributed by atoms with E-state index in [4.69, 9.17) is 0 Å². The van der Waals surface area contributed by atoms with Crippen molar-refractivity contribution in [2.45, 2.75) is 39.3 Å². The number of carbonyl (C=O) groups excluding carboxylic acids is 1. The number of nitrogens with zero attached hydrogens (tertiary/aromatic N) is 2. The highest BCUT2D eigenvalue weighted by Crippen LogP contribution is 2.23. The molecule has 4 aromatic rings. The van der Waals surface area contributed by atoms with Gasteiger partial charge in [-0.1, -0.05) is 30.3 Å². The quantitative estimate of drug-likeness (QED) is 0.466. The first-order valence-electron chi connectivity index (χ1n) is 10.6. The van der Waals surface area contributed by atoms with Crippen LogP contribution < -0.4 is 10.9 Å². The molecule has 32 heavy (non-hydrogen) atoms. The lowest BCUT2D eigenvalue weighted by atomic mass is 10.0. The van der Waals surface area contributed by atoms with Crippen molar-refractivity contribution < 1.29 is 9.18 Å². The maximum absolute atomic E-state index is 13.5. The number of nitrogens with one attached hydrogen (secondary N) is 2. The fourth-order valence-corrected chi connectivity index (χ4v) is 4.05. The molecule has 2 aromatic carbocycles. The minimum absolute atomic E-state index is 0.153. The summed E-state index contributed by atoms with van der Waals surface area (Å²) < 4.78 is 15.6. The fourth-order valence-electron chi connectivity index (χ4n) is 4.05. The van der Waals surface area contributed by atoms with Crippen LogP contribution in [0.4, 0.5) is 4.39 Å². The molecule has 6 nitrogen and oxygen atoms in total. The first-order chi connectivity index (χ1) is 15.4. The number of H-pyrrole nitrogens is 1. The molecule has 2 N–H and O–H groups in total. The molecule has 0 fully saturated rings. The molecule has 4 rings (SSSR count). The number of para-hydroxylation sites is 1. The standard InChI is InChI=1S/C25H25FN4O2/c1-3-30-15-18(21-6-4-5-7-23(21)30)12-24(31)29-22(17-8-10-19(26)11-9-17)13-20-14-25(32)28-16(2)27-20/h4-11,14-15,22H,3,12-13H2,1-2H3,(H,29,31)(H,27,28,32). The summed E-state index contributed by atoms with van der Waals surface area (Å²) in [6.07, 6.45) is 2.55. The average molecular weight is 432 g/mol. The molecule has 1 atom stereocenters. The molecule has 0 bridgehead atoms. The van der Waals surface area contributed by atoms with E-state index in [2.05, 4.69) is 26.8 Å². The van der Waals surface area contributed by atoms with E-state index in [1.54, 1.807) is 19.1 Å². The molecule has 0 aliphatic carbocycles. The largest absolute Gasteiger partial charge is 0.349 e. The van der Waals surface area contributed by atoms with E-state index in [9.17, 15) is 14.0 Å². The van der Waals surface area contributed by atoms with E-state index in [1.807, 2.05) is 30.5 Å². The summed E-state index contributed by atoms with van der Waals surface area (Å²) in [5.74, 6) is 0.000258. The second-order valence-electron chi connectivity index (χ2n) is 7.83. The lowest BCUT2D eigenvalue weighted by Gasteiger charge is -2.19. The van der Waals surface area contributed by atoms with E-state index in [-0.39, 0.29) is 23.7 Å². The fraction of sp³-hybridized carbons (Fsp3) is 0.240. The van der Waals surface area contributed by atoms with Crippen LogP contribution in [0.3, 0.4) is 0 Å². The Bertz CT molecular complexity index is 1310. The second kappa shape index (κ2) is 9.18. The van der Waals surface area contributed by atoms with Crippen LogP contribution in [0.1, 0.15) is 35.6 Å². The summed E-state index contributed by atoms with van der Waals surface area (Å²) in [4.78, 5) is 31.9. The van der Waals surface area contributed by atoms with Gasteiger partial charge in [-0.15, -0.1) is 0 Å². The van der Waals surface area contributed by atoms with Gasteiger partial charge in [0.2, 0.25) is 5.91 Å². The number of amides is 1. The van der Waals surface area contributed by atoms with Crippen molar-refractivity contribution in [1.29, 1.82) is 0 Å². The third-order valence-electron chi connectivity index (χ3n) is 5.50. The monoisotopic (exact) mass is 432 g/mol. The third kappa shape index (κ3) is 4.77. The van der Waals surface area contributed by atoms with Gasteiger partial charge in [-0.2, -0.15) is 0 Å². The van der Waals surface area contributed by atoms with Crippen LogP contribution in [-0.2, 0) is 24.2 Å². The van der Waals surface area contributed by atoms with Crippen molar-refractivity contribution in [2.24, 2.45) is 0 Å². The molecule has 0 saturated heterocycles. The van der Waals surface area contributed by atoms with E-state index in [1.165, 1.54) is 18.2 Å². The van der Waals surface area contributed by atoms with Crippen molar-refractivity contribution in [2.75, 3.05) is 0 Å². The Morgan fingerprint density at radius 1 is 1.19 bits per heavy atom. The number of aromatic nitrogens is 3. The normalized spacial score (nSPS) is 12.1. The Hall–Kier alpha value is -3.74. The van der Waals surface area contributed by atoms with Gasteiger partial charge in [-0.05, 0) is 43.2 Å². The summed E-state index contributed by atoms with van der Waals surface area (Å²) in [5, 5.41) is 4.11. The van der Waals surface area contributed by atoms with Crippen molar-refractivity contribution >= 4 is 16.8 Å². The van der Waals surface area contributed by atoms with Gasteiger partial charge in [-0.25, -0.2) is 9.37 Å². The second-order valence-corrected chi connectivity index (χ2v) is 7.83. The first kappa shape index (κ1) is 21.5. The lowest BCUT2D eigenvalue weighted by Crippen LogP contribution is -2.31. The molecule has 164 valence electrons. The number of carbonyl (C=O) groups is 1. The lowest BCUT2D eigenvalue weighted by molar-refractivity contribution is -0.121. The van der Waals surface area contributed by atoms with E-state index < -0.39 is 6.04 Å². The zero-order valence-electron chi connectivity index (χ0n) is 18.1. The Balaban J connectivity index is 1.60. The van der Waals surface area contributed by atoms with Crippen LogP contribution in [-0.4, -0.2) is 20.4 Å². The highest BCUT2D eigenvalue weighted by molar-refractivity contribution is 5.89. The van der Waals surface area contributed by atoms with E-state index >= 15 is 0 Å². The van der Waals surface area contributed by atoms with Crippen LogP contribution in [0.25, 0.3) is 10.9 Å². The molecular weight excluding hydrogens is 407 g/mol. The van der Waals surface area contributed by atoms with Crippen LogP contribution >= 0.6 is 0 Å². The molecule has 1 amide bonds. The Morgan fingerprint density at radius 2 is 1.94 bits per heavy atom. The maximum Gasteiger partial charge on any atom is 0.251 e. The van der Waals surface area contributed by atoms with Crippen molar-refractivity contribution in [3.8, 4) is 0 Å². The number of benzene rings is 2. The predicted octanol–water partition coefficient (Wildman–Crippen LogP) is 3.83. The molecule has 2 heterocycles. The molecule has 7 heteroatoms. The molecule has 0 aliphatic rings. The number of fused-ring (bicyclic) bond motifs is 1. The number of aromatic amines is 1. The van der Waals surface area contributed by atoms with E-state index in [0.717, 1.165) is 28.6 Å². The summed E-state index contributed by atoms with van der Waals surface area (Å²) in [5.41, 5.74) is 3.10. The van der Waals surface area contributed by atoms with Crippen LogP contribution in [0, 0.1) is 12.7 Å². The SMILES string of the molecule is CCn1cc(CC(=O)NC(Cc2cc(=O)[nH]c(C)n2)c2ccc(F)cc2)c2ccccc21. The Labute approximate surface area is 185 Å². The Morgan fingerprint density at radius 3 is 2.66 bits per heavy atom. The van der Waals surface area contributed by atoms with Crippen molar-refractivity contribution in [1.82, 2.24) is 19.9 Å². The number of rotatable bonds is 7. The van der Waals surface area contributed by atoms with Crippen LogP contribution in [0.2, 0.25) is 0 Å². The highest BCUT2D eigenvalue weighted by Gasteiger charge is 2.19. The minimum Gasteiger partial charge on any atom is -0.349 e. The summed E-state index contributed by atoms with van der Waals surface area (Å²) in [6.45, 7) is 4.59. The van der Waals surface area contributed by atoms with Gasteiger partial charge in [0.05, 0.1) is 18.2 Å². The van der Waals surface area contributed by atoms with Gasteiger partial charge in [0, 0.05) is 36.1 Å². The molecule has 2 aromatic heterocycles. The summed E-state index contributed by atoms with van der Waals surface area (Å²) >= 11 is 0.